The van der Waals surface area contributed by atoms with Crippen molar-refractivity contribution in [1.29, 1.82) is 0 Å². The van der Waals surface area contributed by atoms with Gasteiger partial charge in [0.15, 0.2) is 5.15 Å². The second-order valence-corrected chi connectivity index (χ2v) is 7.96. The van der Waals surface area contributed by atoms with Crippen LogP contribution in [0.25, 0.3) is 0 Å². The zero-order chi connectivity index (χ0) is 14.3. The Labute approximate surface area is 122 Å². The molecule has 1 saturated carbocycles. The topological polar surface area (TPSA) is 24.9 Å². The molecule has 0 aromatic carbocycles. The van der Waals surface area contributed by atoms with Gasteiger partial charge in [-0.05, 0) is 48.6 Å². The van der Waals surface area contributed by atoms with Gasteiger partial charge in [0.1, 0.15) is 0 Å². The first-order chi connectivity index (χ1) is 8.67. The number of hydrogen-bond donors (Lipinski definition) is 1. The minimum absolute atomic E-state index is 0.378. The van der Waals surface area contributed by atoms with Gasteiger partial charge in [-0.15, -0.1) is 0 Å². The quantitative estimate of drug-likeness (QED) is 0.766. The minimum Gasteiger partial charge on any atom is -0.380 e. The molecular weight excluding hydrogens is 256 g/mol. The Morgan fingerprint density at radius 3 is 2.37 bits per heavy atom. The van der Waals surface area contributed by atoms with Gasteiger partial charge in [0.05, 0.1) is 5.69 Å². The number of halogens is 1. The van der Waals surface area contributed by atoms with E-state index >= 15 is 0 Å². The molecule has 1 heterocycles. The van der Waals surface area contributed by atoms with Crippen LogP contribution in [0.2, 0.25) is 5.15 Å². The lowest BCUT2D eigenvalue weighted by atomic mass is 9.63. The molecule has 0 amide bonds. The lowest BCUT2D eigenvalue weighted by molar-refractivity contribution is 0.105. The van der Waals surface area contributed by atoms with E-state index in [1.807, 2.05) is 13.1 Å². The molecule has 2 nitrogen and oxygen atoms in total. The van der Waals surface area contributed by atoms with Crippen molar-refractivity contribution in [3.05, 3.63) is 23.0 Å². The molecule has 1 aliphatic carbocycles. The monoisotopic (exact) mass is 280 g/mol. The van der Waals surface area contributed by atoms with E-state index in [9.17, 15) is 0 Å². The van der Waals surface area contributed by atoms with Gasteiger partial charge in [0, 0.05) is 12.2 Å². The average Bonchev–Trinajstić information content (AvgIpc) is 2.18. The van der Waals surface area contributed by atoms with E-state index in [-0.39, 0.29) is 0 Å². The zero-order valence-corrected chi connectivity index (χ0v) is 13.4. The van der Waals surface area contributed by atoms with Crippen LogP contribution in [0.3, 0.4) is 0 Å². The molecule has 1 aromatic heterocycles. The van der Waals surface area contributed by atoms with Crippen molar-refractivity contribution in [3.8, 4) is 0 Å². The van der Waals surface area contributed by atoms with E-state index < -0.39 is 0 Å². The van der Waals surface area contributed by atoms with Gasteiger partial charge in [-0.25, -0.2) is 4.98 Å². The number of rotatable bonds is 2. The van der Waals surface area contributed by atoms with Crippen molar-refractivity contribution in [3.63, 3.8) is 0 Å². The van der Waals surface area contributed by atoms with Crippen LogP contribution in [-0.2, 0) is 0 Å². The number of aryl methyl sites for hydroxylation is 1. The third kappa shape index (κ3) is 3.85. The first kappa shape index (κ1) is 14.6. The minimum atomic E-state index is 0.378. The number of nitrogens with one attached hydrogen (secondary N) is 1. The standard InChI is InChI=1S/C16H25ClN2/c1-11-6-13(14(17)18-9-11)19-12-7-15(2,3)10-16(4,5)8-12/h6,9,12,19H,7-8,10H2,1-5H3. The van der Waals surface area contributed by atoms with E-state index in [2.05, 4.69) is 44.1 Å². The van der Waals surface area contributed by atoms with Gasteiger partial charge >= 0.3 is 0 Å². The maximum atomic E-state index is 6.18. The SMILES string of the molecule is Cc1cnc(Cl)c(NC2CC(C)(C)CC(C)(C)C2)c1. The predicted molar refractivity (Wildman–Crippen MR) is 82.8 cm³/mol. The van der Waals surface area contributed by atoms with E-state index in [0.29, 0.717) is 22.0 Å². The van der Waals surface area contributed by atoms with Gasteiger partial charge in [0.25, 0.3) is 0 Å². The first-order valence-electron chi connectivity index (χ1n) is 7.06. The van der Waals surface area contributed by atoms with Crippen molar-refractivity contribution in [2.24, 2.45) is 10.8 Å². The number of nitrogens with zero attached hydrogens (tertiary/aromatic N) is 1. The van der Waals surface area contributed by atoms with Gasteiger partial charge in [-0.2, -0.15) is 0 Å². The van der Waals surface area contributed by atoms with Crippen LogP contribution in [0, 0.1) is 17.8 Å². The van der Waals surface area contributed by atoms with Crippen LogP contribution >= 0.6 is 11.6 Å². The summed E-state index contributed by atoms with van der Waals surface area (Å²) in [5, 5.41) is 4.18. The van der Waals surface area contributed by atoms with E-state index in [1.165, 1.54) is 19.3 Å². The van der Waals surface area contributed by atoms with Crippen LogP contribution in [0.4, 0.5) is 5.69 Å². The highest BCUT2D eigenvalue weighted by atomic mass is 35.5. The molecule has 1 aromatic rings. The Morgan fingerprint density at radius 2 is 1.79 bits per heavy atom. The summed E-state index contributed by atoms with van der Waals surface area (Å²) in [5.74, 6) is 0. The fraction of sp³-hybridized carbons (Fsp3) is 0.688. The lowest BCUT2D eigenvalue weighted by Gasteiger charge is -2.45. The molecule has 0 spiro atoms. The summed E-state index contributed by atoms with van der Waals surface area (Å²) < 4.78 is 0. The second-order valence-electron chi connectivity index (χ2n) is 7.61. The lowest BCUT2D eigenvalue weighted by Crippen LogP contribution is -2.40. The summed E-state index contributed by atoms with van der Waals surface area (Å²) in [6, 6.07) is 2.56. The molecule has 3 heteroatoms. The fourth-order valence-electron chi connectivity index (χ4n) is 3.82. The molecule has 0 aliphatic heterocycles. The predicted octanol–water partition coefficient (Wildman–Crippen LogP) is 5.06. The molecule has 1 aliphatic rings. The van der Waals surface area contributed by atoms with Gasteiger partial charge < -0.3 is 5.32 Å². The Morgan fingerprint density at radius 1 is 1.21 bits per heavy atom. The molecule has 0 saturated heterocycles. The third-order valence-electron chi connectivity index (χ3n) is 3.89. The smallest absolute Gasteiger partial charge is 0.152 e. The van der Waals surface area contributed by atoms with Crippen molar-refractivity contribution in [2.75, 3.05) is 5.32 Å². The van der Waals surface area contributed by atoms with Crippen LogP contribution < -0.4 is 5.32 Å². The summed E-state index contributed by atoms with van der Waals surface area (Å²) in [6.45, 7) is 11.5. The second kappa shape index (κ2) is 4.97. The maximum Gasteiger partial charge on any atom is 0.152 e. The Bertz CT molecular complexity index is 450. The number of anilines is 1. The summed E-state index contributed by atoms with van der Waals surface area (Å²) >= 11 is 6.18. The summed E-state index contributed by atoms with van der Waals surface area (Å²) in [6.07, 6.45) is 5.45. The Balaban J connectivity index is 2.16. The molecule has 0 bridgehead atoms. The molecule has 2 rings (SSSR count). The summed E-state index contributed by atoms with van der Waals surface area (Å²) in [5.41, 5.74) is 2.87. The largest absolute Gasteiger partial charge is 0.380 e. The summed E-state index contributed by atoms with van der Waals surface area (Å²) in [4.78, 5) is 4.22. The first-order valence-corrected chi connectivity index (χ1v) is 7.43. The molecule has 1 N–H and O–H groups in total. The number of pyridine rings is 1. The van der Waals surface area contributed by atoms with Gasteiger partial charge in [0.2, 0.25) is 0 Å². The molecule has 1 fully saturated rings. The zero-order valence-electron chi connectivity index (χ0n) is 12.7. The number of hydrogen-bond acceptors (Lipinski definition) is 2. The van der Waals surface area contributed by atoms with Crippen LogP contribution in [0.1, 0.15) is 52.5 Å². The highest BCUT2D eigenvalue weighted by molar-refractivity contribution is 6.31. The van der Waals surface area contributed by atoms with Crippen molar-refractivity contribution >= 4 is 17.3 Å². The molecule has 106 valence electrons. The van der Waals surface area contributed by atoms with Crippen molar-refractivity contribution < 1.29 is 0 Å². The van der Waals surface area contributed by atoms with Gasteiger partial charge in [-0.3, -0.25) is 0 Å². The van der Waals surface area contributed by atoms with Crippen molar-refractivity contribution in [2.45, 2.75) is 59.9 Å². The van der Waals surface area contributed by atoms with Gasteiger partial charge in [-0.1, -0.05) is 39.3 Å². The van der Waals surface area contributed by atoms with E-state index in [1.54, 1.807) is 0 Å². The highest BCUT2D eigenvalue weighted by Gasteiger charge is 2.38. The van der Waals surface area contributed by atoms with Crippen LogP contribution in [0.5, 0.6) is 0 Å². The molecule has 0 unspecified atom stereocenters. The molecule has 19 heavy (non-hydrogen) atoms. The molecule has 0 atom stereocenters. The van der Waals surface area contributed by atoms with Crippen LogP contribution in [-0.4, -0.2) is 11.0 Å². The van der Waals surface area contributed by atoms with Crippen molar-refractivity contribution in [1.82, 2.24) is 4.98 Å². The Kier molecular flexibility index (Phi) is 3.83. The Hall–Kier alpha value is -0.760. The highest BCUT2D eigenvalue weighted by Crippen LogP contribution is 2.46. The van der Waals surface area contributed by atoms with Crippen LogP contribution in [0.15, 0.2) is 12.3 Å². The molecular formula is C16H25ClN2. The molecule has 0 radical (unpaired) electrons. The average molecular weight is 281 g/mol. The third-order valence-corrected chi connectivity index (χ3v) is 4.19. The maximum absolute atomic E-state index is 6.18. The number of aromatic nitrogens is 1. The van der Waals surface area contributed by atoms with E-state index in [0.717, 1.165) is 11.3 Å². The van der Waals surface area contributed by atoms with E-state index in [4.69, 9.17) is 11.6 Å². The fourth-order valence-corrected chi connectivity index (χ4v) is 3.98. The normalized spacial score (nSPS) is 22.2. The summed E-state index contributed by atoms with van der Waals surface area (Å²) in [7, 11) is 0.